The second kappa shape index (κ2) is 5.49. The molecule has 1 heterocycles. The fourth-order valence-electron chi connectivity index (χ4n) is 2.54. The molecular formula is C13H17FN2O3S. The number of rotatable bonds is 3. The molecule has 1 aliphatic heterocycles. The number of amides is 1. The summed E-state index contributed by atoms with van der Waals surface area (Å²) in [6.07, 6.45) is 2.64. The summed E-state index contributed by atoms with van der Waals surface area (Å²) in [5.41, 5.74) is 0.0226. The third kappa shape index (κ3) is 2.99. The van der Waals surface area contributed by atoms with Crippen LogP contribution in [0, 0.1) is 5.82 Å². The van der Waals surface area contributed by atoms with Crippen molar-refractivity contribution in [2.24, 2.45) is 5.14 Å². The summed E-state index contributed by atoms with van der Waals surface area (Å²) in [6.45, 7) is 2.59. The smallest absolute Gasteiger partial charge is 0.254 e. The maximum atomic E-state index is 13.5. The highest BCUT2D eigenvalue weighted by molar-refractivity contribution is 7.89. The van der Waals surface area contributed by atoms with Crippen LogP contribution >= 0.6 is 0 Å². The van der Waals surface area contributed by atoms with Crippen LogP contribution < -0.4 is 5.14 Å². The summed E-state index contributed by atoms with van der Waals surface area (Å²) in [6, 6.07) is 3.12. The molecule has 1 saturated heterocycles. The lowest BCUT2D eigenvalue weighted by Gasteiger charge is -2.23. The number of hydrogen-bond acceptors (Lipinski definition) is 3. The fraction of sp³-hybridized carbons (Fsp3) is 0.462. The lowest BCUT2D eigenvalue weighted by molar-refractivity contribution is 0.0733. The third-order valence-electron chi connectivity index (χ3n) is 3.56. The number of benzene rings is 1. The molecule has 1 unspecified atom stereocenters. The molecule has 20 heavy (non-hydrogen) atoms. The minimum Gasteiger partial charge on any atom is -0.336 e. The molecule has 1 aromatic rings. The van der Waals surface area contributed by atoms with Gasteiger partial charge in [-0.3, -0.25) is 4.79 Å². The van der Waals surface area contributed by atoms with Gasteiger partial charge >= 0.3 is 0 Å². The highest BCUT2D eigenvalue weighted by Crippen LogP contribution is 2.23. The molecule has 0 aliphatic carbocycles. The van der Waals surface area contributed by atoms with E-state index in [-0.39, 0.29) is 22.4 Å². The van der Waals surface area contributed by atoms with Crippen LogP contribution in [0.3, 0.4) is 0 Å². The van der Waals surface area contributed by atoms with Crippen molar-refractivity contribution in [1.29, 1.82) is 0 Å². The minimum absolute atomic E-state index is 0.0226. The van der Waals surface area contributed by atoms with Crippen LogP contribution in [0.25, 0.3) is 0 Å². The van der Waals surface area contributed by atoms with Gasteiger partial charge in [-0.25, -0.2) is 17.9 Å². The zero-order chi connectivity index (χ0) is 14.9. The van der Waals surface area contributed by atoms with E-state index in [1.807, 2.05) is 6.92 Å². The predicted octanol–water partition coefficient (Wildman–Crippen LogP) is 1.49. The number of nitrogens with zero attached hydrogens (tertiary/aromatic N) is 1. The van der Waals surface area contributed by atoms with E-state index in [0.29, 0.717) is 6.54 Å². The number of hydrogen-bond donors (Lipinski definition) is 1. The van der Waals surface area contributed by atoms with Gasteiger partial charge in [-0.1, -0.05) is 6.92 Å². The van der Waals surface area contributed by atoms with Crippen LogP contribution in [-0.4, -0.2) is 31.8 Å². The maximum absolute atomic E-state index is 13.5. The summed E-state index contributed by atoms with van der Waals surface area (Å²) in [7, 11) is -4.03. The van der Waals surface area contributed by atoms with E-state index in [2.05, 4.69) is 0 Å². The summed E-state index contributed by atoms with van der Waals surface area (Å²) >= 11 is 0. The monoisotopic (exact) mass is 300 g/mol. The second-order valence-electron chi connectivity index (χ2n) is 4.92. The Morgan fingerprint density at radius 3 is 2.75 bits per heavy atom. The summed E-state index contributed by atoms with van der Waals surface area (Å²) < 4.78 is 36.1. The Kier molecular flexibility index (Phi) is 4.10. The Labute approximate surface area is 117 Å². The van der Waals surface area contributed by atoms with Crippen molar-refractivity contribution in [1.82, 2.24) is 4.90 Å². The van der Waals surface area contributed by atoms with Crippen molar-refractivity contribution in [2.45, 2.75) is 37.1 Å². The van der Waals surface area contributed by atoms with Gasteiger partial charge in [0.1, 0.15) is 5.82 Å². The van der Waals surface area contributed by atoms with E-state index < -0.39 is 15.8 Å². The Morgan fingerprint density at radius 1 is 1.45 bits per heavy atom. The van der Waals surface area contributed by atoms with E-state index in [9.17, 15) is 17.6 Å². The average molecular weight is 300 g/mol. The van der Waals surface area contributed by atoms with Gasteiger partial charge in [0, 0.05) is 18.2 Å². The zero-order valence-corrected chi connectivity index (χ0v) is 12.0. The van der Waals surface area contributed by atoms with Crippen molar-refractivity contribution in [2.75, 3.05) is 6.54 Å². The van der Waals surface area contributed by atoms with Crippen molar-refractivity contribution in [3.63, 3.8) is 0 Å². The molecular weight excluding hydrogens is 283 g/mol. The topological polar surface area (TPSA) is 80.5 Å². The van der Waals surface area contributed by atoms with Crippen LogP contribution in [0.4, 0.5) is 4.39 Å². The Morgan fingerprint density at radius 2 is 2.15 bits per heavy atom. The molecule has 7 heteroatoms. The summed E-state index contributed by atoms with van der Waals surface area (Å²) in [4.78, 5) is 13.7. The van der Waals surface area contributed by atoms with Crippen LogP contribution in [0.2, 0.25) is 0 Å². The van der Waals surface area contributed by atoms with Crippen molar-refractivity contribution < 1.29 is 17.6 Å². The van der Waals surface area contributed by atoms with E-state index >= 15 is 0 Å². The summed E-state index contributed by atoms with van der Waals surface area (Å²) in [5, 5.41) is 4.98. The van der Waals surface area contributed by atoms with Crippen molar-refractivity contribution in [3.05, 3.63) is 29.6 Å². The number of nitrogens with two attached hydrogens (primary N) is 1. The van der Waals surface area contributed by atoms with Gasteiger partial charge in [-0.2, -0.15) is 0 Å². The molecule has 0 saturated carbocycles. The number of halogens is 1. The van der Waals surface area contributed by atoms with Crippen LogP contribution in [0.1, 0.15) is 36.5 Å². The number of likely N-dealkylation sites (tertiary alicyclic amines) is 1. The van der Waals surface area contributed by atoms with Crippen molar-refractivity contribution >= 4 is 15.9 Å². The SMILES string of the molecule is CCC1CCCN1C(=O)c1cc(F)cc(S(N)(=O)=O)c1. The van der Waals surface area contributed by atoms with Gasteiger partial charge in [-0.05, 0) is 37.5 Å². The highest BCUT2D eigenvalue weighted by atomic mass is 32.2. The summed E-state index contributed by atoms with van der Waals surface area (Å²) in [5.74, 6) is -1.13. The molecule has 5 nitrogen and oxygen atoms in total. The van der Waals surface area contributed by atoms with E-state index in [1.54, 1.807) is 4.90 Å². The predicted molar refractivity (Wildman–Crippen MR) is 72.1 cm³/mol. The molecule has 1 aliphatic rings. The zero-order valence-electron chi connectivity index (χ0n) is 11.2. The Bertz CT molecular complexity index is 631. The van der Waals surface area contributed by atoms with Gasteiger partial charge in [0.25, 0.3) is 5.91 Å². The number of carbonyl (C=O) groups excluding carboxylic acids is 1. The first kappa shape index (κ1) is 14.9. The van der Waals surface area contributed by atoms with E-state index in [0.717, 1.165) is 37.5 Å². The molecule has 1 amide bonds. The first-order valence-corrected chi connectivity index (χ1v) is 8.02. The van der Waals surface area contributed by atoms with Gasteiger partial charge in [0.05, 0.1) is 4.90 Å². The van der Waals surface area contributed by atoms with Crippen LogP contribution in [0.5, 0.6) is 0 Å². The fourth-order valence-corrected chi connectivity index (χ4v) is 3.11. The van der Waals surface area contributed by atoms with Gasteiger partial charge in [-0.15, -0.1) is 0 Å². The molecule has 1 fully saturated rings. The number of carbonyl (C=O) groups is 1. The standard InChI is InChI=1S/C13H17FN2O3S/c1-2-11-4-3-5-16(11)13(17)9-6-10(14)8-12(7-9)20(15,18)19/h6-8,11H,2-5H2,1H3,(H2,15,18,19). The molecule has 0 aromatic heterocycles. The molecule has 0 bridgehead atoms. The number of primary sulfonamides is 1. The maximum Gasteiger partial charge on any atom is 0.254 e. The third-order valence-corrected chi connectivity index (χ3v) is 4.45. The second-order valence-corrected chi connectivity index (χ2v) is 6.48. The first-order valence-electron chi connectivity index (χ1n) is 6.47. The molecule has 2 rings (SSSR count). The Balaban J connectivity index is 2.38. The largest absolute Gasteiger partial charge is 0.336 e. The highest BCUT2D eigenvalue weighted by Gasteiger charge is 2.28. The van der Waals surface area contributed by atoms with Crippen LogP contribution in [0.15, 0.2) is 23.1 Å². The molecule has 2 N–H and O–H groups in total. The molecule has 1 aromatic carbocycles. The van der Waals surface area contributed by atoms with E-state index in [4.69, 9.17) is 5.14 Å². The average Bonchev–Trinajstić information content (AvgIpc) is 2.84. The van der Waals surface area contributed by atoms with Gasteiger partial charge in [0.15, 0.2) is 0 Å². The lowest BCUT2D eigenvalue weighted by atomic mass is 10.1. The Hall–Kier alpha value is -1.47. The van der Waals surface area contributed by atoms with E-state index in [1.165, 1.54) is 0 Å². The molecule has 0 spiro atoms. The molecule has 110 valence electrons. The minimum atomic E-state index is -4.03. The number of sulfonamides is 1. The lowest BCUT2D eigenvalue weighted by Crippen LogP contribution is -2.35. The van der Waals surface area contributed by atoms with Crippen LogP contribution in [-0.2, 0) is 10.0 Å². The quantitative estimate of drug-likeness (QED) is 0.918. The van der Waals surface area contributed by atoms with Gasteiger partial charge < -0.3 is 4.90 Å². The first-order chi connectivity index (χ1) is 9.32. The molecule has 1 atom stereocenters. The normalized spacial score (nSPS) is 19.4. The van der Waals surface area contributed by atoms with Crippen molar-refractivity contribution in [3.8, 4) is 0 Å². The van der Waals surface area contributed by atoms with Gasteiger partial charge in [0.2, 0.25) is 10.0 Å². The molecule has 0 radical (unpaired) electrons.